The maximum atomic E-state index is 13.1. The number of hydrogen-bond acceptors (Lipinski definition) is 5. The van der Waals surface area contributed by atoms with E-state index >= 15 is 0 Å². The van der Waals surface area contributed by atoms with Gasteiger partial charge < -0.3 is 14.6 Å². The molecule has 2 aromatic carbocycles. The summed E-state index contributed by atoms with van der Waals surface area (Å²) in [5.41, 5.74) is 0.172. The summed E-state index contributed by atoms with van der Waals surface area (Å²) in [5.74, 6) is 6.16. The van der Waals surface area contributed by atoms with E-state index in [1.807, 2.05) is 42.5 Å². The van der Waals surface area contributed by atoms with Crippen LogP contribution in [0, 0.1) is 17.8 Å². The summed E-state index contributed by atoms with van der Waals surface area (Å²) in [7, 11) is 1.66. The SMILES string of the molecule is CCN(CC#CCOC(=O)[C@](O)(c1ccccc1)C1CCCCC1)Cc1ccc(OC)cc1. The Hall–Kier alpha value is -2.81. The van der Waals surface area contributed by atoms with Gasteiger partial charge in [0.05, 0.1) is 13.7 Å². The molecule has 0 bridgehead atoms. The van der Waals surface area contributed by atoms with Crippen LogP contribution >= 0.6 is 0 Å². The normalized spacial score (nSPS) is 15.9. The second kappa shape index (κ2) is 12.4. The molecule has 1 saturated carbocycles. The summed E-state index contributed by atoms with van der Waals surface area (Å²) in [6.07, 6.45) is 4.83. The zero-order valence-corrected chi connectivity index (χ0v) is 19.8. The second-order valence-electron chi connectivity index (χ2n) is 8.55. The third-order valence-corrected chi connectivity index (χ3v) is 6.44. The molecule has 0 aromatic heterocycles. The minimum absolute atomic E-state index is 0.0270. The lowest BCUT2D eigenvalue weighted by Gasteiger charge is -2.36. The summed E-state index contributed by atoms with van der Waals surface area (Å²) >= 11 is 0. The van der Waals surface area contributed by atoms with Gasteiger partial charge in [0.2, 0.25) is 0 Å². The Labute approximate surface area is 197 Å². The smallest absolute Gasteiger partial charge is 0.344 e. The van der Waals surface area contributed by atoms with E-state index in [9.17, 15) is 9.90 Å². The Balaban J connectivity index is 1.57. The number of hydrogen-bond donors (Lipinski definition) is 1. The van der Waals surface area contributed by atoms with Gasteiger partial charge in [-0.3, -0.25) is 4.90 Å². The highest BCUT2D eigenvalue weighted by atomic mass is 16.5. The lowest BCUT2D eigenvalue weighted by molar-refractivity contribution is -0.174. The fourth-order valence-corrected chi connectivity index (χ4v) is 4.43. The van der Waals surface area contributed by atoms with Crippen LogP contribution in [0.4, 0.5) is 0 Å². The predicted molar refractivity (Wildman–Crippen MR) is 130 cm³/mol. The lowest BCUT2D eigenvalue weighted by Crippen LogP contribution is -2.45. The average molecular weight is 450 g/mol. The first kappa shape index (κ1) is 24.8. The Morgan fingerprint density at radius 1 is 1.06 bits per heavy atom. The molecular formula is C28H35NO4. The number of carbonyl (C=O) groups excluding carboxylic acids is 1. The average Bonchev–Trinajstić information content (AvgIpc) is 2.88. The first-order valence-electron chi connectivity index (χ1n) is 11.8. The molecule has 0 radical (unpaired) electrons. The van der Waals surface area contributed by atoms with Crippen LogP contribution in [0.3, 0.4) is 0 Å². The van der Waals surface area contributed by atoms with Gasteiger partial charge in [-0.15, -0.1) is 0 Å². The molecule has 0 spiro atoms. The van der Waals surface area contributed by atoms with Gasteiger partial charge in [-0.05, 0) is 42.6 Å². The number of esters is 1. The number of nitrogens with zero attached hydrogens (tertiary/aromatic N) is 1. The highest BCUT2D eigenvalue weighted by molar-refractivity contribution is 5.81. The topological polar surface area (TPSA) is 59.0 Å². The lowest BCUT2D eigenvalue weighted by atomic mass is 9.73. The molecule has 0 saturated heterocycles. The van der Waals surface area contributed by atoms with Gasteiger partial charge in [0, 0.05) is 12.5 Å². The van der Waals surface area contributed by atoms with Crippen molar-refractivity contribution in [2.45, 2.75) is 51.2 Å². The summed E-state index contributed by atoms with van der Waals surface area (Å²) < 4.78 is 10.7. The molecule has 1 fully saturated rings. The van der Waals surface area contributed by atoms with Crippen LogP contribution in [0.15, 0.2) is 54.6 Å². The van der Waals surface area contributed by atoms with Gasteiger partial charge in [0.25, 0.3) is 0 Å². The Morgan fingerprint density at radius 3 is 2.39 bits per heavy atom. The fourth-order valence-electron chi connectivity index (χ4n) is 4.43. The van der Waals surface area contributed by atoms with Crippen molar-refractivity contribution >= 4 is 5.97 Å². The molecule has 0 aliphatic heterocycles. The van der Waals surface area contributed by atoms with Gasteiger partial charge in [-0.1, -0.05) is 80.5 Å². The van der Waals surface area contributed by atoms with Gasteiger partial charge in [0.1, 0.15) is 5.75 Å². The van der Waals surface area contributed by atoms with Crippen molar-refractivity contribution in [3.63, 3.8) is 0 Å². The van der Waals surface area contributed by atoms with E-state index in [1.165, 1.54) is 5.56 Å². The zero-order valence-electron chi connectivity index (χ0n) is 19.8. The summed E-state index contributed by atoms with van der Waals surface area (Å²) in [5, 5.41) is 11.5. The van der Waals surface area contributed by atoms with Gasteiger partial charge in [0.15, 0.2) is 12.2 Å². The third-order valence-electron chi connectivity index (χ3n) is 6.44. The Kier molecular flexibility index (Phi) is 9.35. The first-order valence-corrected chi connectivity index (χ1v) is 11.8. The molecule has 1 atom stereocenters. The van der Waals surface area contributed by atoms with Crippen molar-refractivity contribution in [2.75, 3.05) is 26.8 Å². The van der Waals surface area contributed by atoms with Crippen molar-refractivity contribution in [3.8, 4) is 17.6 Å². The predicted octanol–water partition coefficient (Wildman–Crippen LogP) is 4.53. The quantitative estimate of drug-likeness (QED) is 0.450. The van der Waals surface area contributed by atoms with Crippen LogP contribution < -0.4 is 4.74 Å². The minimum atomic E-state index is -1.62. The number of carbonyl (C=O) groups is 1. The molecule has 5 heteroatoms. The van der Waals surface area contributed by atoms with Crippen molar-refractivity contribution in [2.24, 2.45) is 5.92 Å². The molecule has 33 heavy (non-hydrogen) atoms. The van der Waals surface area contributed by atoms with Crippen LogP contribution in [0.25, 0.3) is 0 Å². The van der Waals surface area contributed by atoms with E-state index in [-0.39, 0.29) is 12.5 Å². The summed E-state index contributed by atoms with van der Waals surface area (Å²) in [6, 6.07) is 17.2. The monoisotopic (exact) mass is 449 g/mol. The number of benzene rings is 2. The van der Waals surface area contributed by atoms with E-state index in [2.05, 4.69) is 23.7 Å². The highest BCUT2D eigenvalue weighted by Gasteiger charge is 2.47. The van der Waals surface area contributed by atoms with E-state index in [0.717, 1.165) is 50.9 Å². The molecular weight excluding hydrogens is 414 g/mol. The van der Waals surface area contributed by atoms with Crippen LogP contribution in [0.2, 0.25) is 0 Å². The van der Waals surface area contributed by atoms with Gasteiger partial charge in [-0.2, -0.15) is 0 Å². The Morgan fingerprint density at radius 2 is 1.76 bits per heavy atom. The van der Waals surface area contributed by atoms with Crippen LogP contribution in [0.5, 0.6) is 5.75 Å². The number of aliphatic hydroxyl groups is 1. The van der Waals surface area contributed by atoms with Gasteiger partial charge in [-0.25, -0.2) is 4.79 Å². The molecule has 5 nitrogen and oxygen atoms in total. The molecule has 1 aliphatic rings. The minimum Gasteiger partial charge on any atom is -0.497 e. The zero-order chi connectivity index (χ0) is 23.5. The highest BCUT2D eigenvalue weighted by Crippen LogP contribution is 2.40. The molecule has 1 N–H and O–H groups in total. The third kappa shape index (κ3) is 6.60. The molecule has 0 heterocycles. The van der Waals surface area contributed by atoms with Crippen molar-refractivity contribution < 1.29 is 19.4 Å². The molecule has 2 aromatic rings. The van der Waals surface area contributed by atoms with E-state index in [1.54, 1.807) is 19.2 Å². The standard InChI is InChI=1S/C28H35NO4/c1-3-29(22-23-16-18-26(32-2)19-17-23)20-10-11-21-33-27(30)28(31,24-12-6-4-7-13-24)25-14-8-5-9-15-25/h4,6-7,12-13,16-19,25,31H,3,5,8-9,14-15,20-22H2,1-2H3/t28-/m0/s1. The second-order valence-corrected chi connectivity index (χ2v) is 8.55. The molecule has 176 valence electrons. The largest absolute Gasteiger partial charge is 0.497 e. The van der Waals surface area contributed by atoms with Crippen molar-refractivity contribution in [1.29, 1.82) is 0 Å². The fraction of sp³-hybridized carbons (Fsp3) is 0.464. The molecule has 1 aliphatic carbocycles. The molecule has 0 amide bonds. The van der Waals surface area contributed by atoms with E-state index in [0.29, 0.717) is 12.1 Å². The summed E-state index contributed by atoms with van der Waals surface area (Å²) in [6.45, 7) is 4.28. The van der Waals surface area contributed by atoms with Crippen LogP contribution in [-0.4, -0.2) is 42.8 Å². The van der Waals surface area contributed by atoms with Gasteiger partial charge >= 0.3 is 5.97 Å². The number of ether oxygens (including phenoxy) is 2. The maximum Gasteiger partial charge on any atom is 0.344 e. The van der Waals surface area contributed by atoms with E-state index < -0.39 is 11.6 Å². The van der Waals surface area contributed by atoms with Crippen LogP contribution in [-0.2, 0) is 21.7 Å². The summed E-state index contributed by atoms with van der Waals surface area (Å²) in [4.78, 5) is 15.3. The molecule has 3 rings (SSSR count). The first-order chi connectivity index (χ1) is 16.1. The van der Waals surface area contributed by atoms with E-state index in [4.69, 9.17) is 9.47 Å². The maximum absolute atomic E-state index is 13.1. The number of rotatable bonds is 9. The Bertz CT molecular complexity index is 926. The molecule has 0 unspecified atom stereocenters. The van der Waals surface area contributed by atoms with Crippen LogP contribution in [0.1, 0.15) is 50.2 Å². The van der Waals surface area contributed by atoms with Crippen molar-refractivity contribution in [3.05, 3.63) is 65.7 Å². The van der Waals surface area contributed by atoms with Crippen molar-refractivity contribution in [1.82, 2.24) is 4.90 Å². The number of methoxy groups -OCH3 is 1.